The van der Waals surface area contributed by atoms with Crippen LogP contribution in [0, 0.1) is 4.91 Å². The summed E-state index contributed by atoms with van der Waals surface area (Å²) in [6.07, 6.45) is -0.389. The van der Waals surface area contributed by atoms with Crippen LogP contribution in [0.3, 0.4) is 0 Å². The molecule has 8 nitrogen and oxygen atoms in total. The first-order valence-electron chi connectivity index (χ1n) is 12.8. The zero-order valence-corrected chi connectivity index (χ0v) is 24.2. The van der Waals surface area contributed by atoms with Crippen molar-refractivity contribution in [2.24, 2.45) is 4.58 Å². The maximum Gasteiger partial charge on any atom is 0.307 e. The van der Waals surface area contributed by atoms with Crippen LogP contribution in [-0.4, -0.2) is 68.2 Å². The molecule has 1 unspecified atom stereocenters. The molecule has 39 heavy (non-hydrogen) atoms. The predicted molar refractivity (Wildman–Crippen MR) is 160 cm³/mol. The van der Waals surface area contributed by atoms with E-state index in [2.05, 4.69) is 20.4 Å². The summed E-state index contributed by atoms with van der Waals surface area (Å²) in [7, 11) is 1.69. The van der Waals surface area contributed by atoms with E-state index in [0.29, 0.717) is 6.54 Å². The molecule has 3 aromatic carbocycles. The summed E-state index contributed by atoms with van der Waals surface area (Å²) >= 11 is 0.849. The summed E-state index contributed by atoms with van der Waals surface area (Å²) in [5, 5.41) is 2.10. The third-order valence-corrected chi connectivity index (χ3v) is 7.30. The molecule has 1 fully saturated rings. The van der Waals surface area contributed by atoms with Crippen LogP contribution in [-0.2, 0) is 9.53 Å². The second-order valence-corrected chi connectivity index (χ2v) is 11.4. The Labute approximate surface area is 240 Å². The van der Waals surface area contributed by atoms with Crippen molar-refractivity contribution in [3.8, 4) is 11.5 Å². The maximum absolute atomic E-state index is 12.8. The van der Waals surface area contributed by atoms with Crippen molar-refractivity contribution in [1.29, 1.82) is 0 Å². The number of para-hydroxylation sites is 2. The summed E-state index contributed by atoms with van der Waals surface area (Å²) in [6.45, 7) is 7.69. The number of methoxy groups -OCH3 is 1. The maximum atomic E-state index is 12.8. The molecule has 0 N–H and O–H groups in total. The molecule has 0 spiro atoms. The zero-order valence-electron chi connectivity index (χ0n) is 22.6. The Hall–Kier alpha value is -3.01. The molecule has 210 valence electrons. The molecule has 0 radical (unpaired) electrons. The van der Waals surface area contributed by atoms with Gasteiger partial charge in [-0.05, 0) is 37.4 Å². The molecular weight excluding hydrogens is 538 g/mol. The zero-order chi connectivity index (χ0) is 27.0. The number of anilines is 1. The first-order valence-corrected chi connectivity index (χ1v) is 13.6. The Kier molecular flexibility index (Phi) is 11.3. The number of piperazine rings is 1. The third-order valence-electron chi connectivity index (χ3n) is 6.59. The van der Waals surface area contributed by atoms with Gasteiger partial charge in [-0.2, -0.15) is 0 Å². The van der Waals surface area contributed by atoms with Gasteiger partial charge < -0.3 is 19.1 Å². The van der Waals surface area contributed by atoms with Crippen LogP contribution in [0.25, 0.3) is 10.8 Å². The monoisotopic (exact) mass is 573 g/mol. The molecule has 1 aliphatic rings. The van der Waals surface area contributed by atoms with E-state index in [1.165, 1.54) is 0 Å². The van der Waals surface area contributed by atoms with Crippen molar-refractivity contribution < 1.29 is 19.0 Å². The molecule has 1 saturated heterocycles. The van der Waals surface area contributed by atoms with Crippen LogP contribution in [0.4, 0.5) is 5.69 Å². The number of fused-ring (bicyclic) bond motifs is 1. The van der Waals surface area contributed by atoms with Crippen LogP contribution in [0.1, 0.15) is 20.3 Å². The number of hydrogen-bond donors (Lipinski definition) is 0. The van der Waals surface area contributed by atoms with Crippen molar-refractivity contribution >= 4 is 46.8 Å². The van der Waals surface area contributed by atoms with Crippen LogP contribution in [0.15, 0.2) is 71.3 Å². The largest absolute Gasteiger partial charge is 0.495 e. The lowest BCUT2D eigenvalue weighted by Gasteiger charge is -2.37. The van der Waals surface area contributed by atoms with Crippen molar-refractivity contribution in [3.05, 3.63) is 71.6 Å². The standard InChI is InChI=1S/C29H35N3O5S.ClH/c1-29(2,38-30-34)19-28(33)37-23(21-36-26-14-8-10-22-9-4-5-11-24(22)26)20-31-15-17-32(18-16-31)25-12-6-7-13-27(25)35-3;/h4-14,23H,15-21H2,1-3H3;1H. The number of nitrogens with zero attached hydrogens (tertiary/aromatic N) is 3. The average molecular weight is 574 g/mol. The number of nitroso groups, excluding NO2 is 1. The van der Waals surface area contributed by atoms with Crippen molar-refractivity contribution in [2.45, 2.75) is 31.1 Å². The lowest BCUT2D eigenvalue weighted by Crippen LogP contribution is -2.50. The lowest BCUT2D eigenvalue weighted by atomic mass is 10.1. The lowest BCUT2D eigenvalue weighted by molar-refractivity contribution is -0.152. The van der Waals surface area contributed by atoms with E-state index in [-0.39, 0.29) is 31.4 Å². The number of rotatable bonds is 12. The summed E-state index contributed by atoms with van der Waals surface area (Å²) in [6, 6.07) is 22.0. The highest BCUT2D eigenvalue weighted by molar-refractivity contribution is 7.99. The van der Waals surface area contributed by atoms with E-state index >= 15 is 0 Å². The molecular formula is C29H36ClN3O5S. The molecule has 0 saturated carbocycles. The molecule has 0 bridgehead atoms. The van der Waals surface area contributed by atoms with Gasteiger partial charge in [0.2, 0.25) is 0 Å². The number of carbonyl (C=O) groups excluding carboxylic acids is 1. The minimum Gasteiger partial charge on any atom is -0.495 e. The van der Waals surface area contributed by atoms with Gasteiger partial charge >= 0.3 is 5.97 Å². The van der Waals surface area contributed by atoms with Crippen LogP contribution in [0.2, 0.25) is 0 Å². The molecule has 0 aromatic heterocycles. The first kappa shape index (κ1) is 30.5. The van der Waals surface area contributed by atoms with Crippen LogP contribution < -0.4 is 14.4 Å². The van der Waals surface area contributed by atoms with E-state index in [1.807, 2.05) is 60.7 Å². The molecule has 0 amide bonds. The highest BCUT2D eigenvalue weighted by Gasteiger charge is 2.29. The van der Waals surface area contributed by atoms with Gasteiger partial charge in [-0.3, -0.25) is 9.69 Å². The van der Waals surface area contributed by atoms with Gasteiger partial charge in [-0.1, -0.05) is 48.5 Å². The summed E-state index contributed by atoms with van der Waals surface area (Å²) in [5.74, 6) is 1.25. The van der Waals surface area contributed by atoms with Gasteiger partial charge in [0, 0.05) is 59.4 Å². The van der Waals surface area contributed by atoms with E-state index < -0.39 is 10.9 Å². The molecule has 1 heterocycles. The van der Waals surface area contributed by atoms with E-state index in [1.54, 1.807) is 21.0 Å². The van der Waals surface area contributed by atoms with Crippen LogP contribution >= 0.6 is 24.4 Å². The Bertz CT molecular complexity index is 1230. The van der Waals surface area contributed by atoms with Gasteiger partial charge in [0.15, 0.2) is 0 Å². The molecule has 3 aromatic rings. The quantitative estimate of drug-likeness (QED) is 0.149. The van der Waals surface area contributed by atoms with Crippen molar-refractivity contribution in [1.82, 2.24) is 4.90 Å². The summed E-state index contributed by atoms with van der Waals surface area (Å²) < 4.78 is 19.9. The van der Waals surface area contributed by atoms with Gasteiger partial charge in [0.25, 0.3) is 0 Å². The van der Waals surface area contributed by atoms with Gasteiger partial charge in [0.05, 0.1) is 19.2 Å². The smallest absolute Gasteiger partial charge is 0.307 e. The van der Waals surface area contributed by atoms with E-state index in [4.69, 9.17) is 14.2 Å². The minimum absolute atomic E-state index is 0. The number of hydrogen-bond acceptors (Lipinski definition) is 9. The number of carbonyl (C=O) groups is 1. The average Bonchev–Trinajstić information content (AvgIpc) is 2.91. The fourth-order valence-corrected chi connectivity index (χ4v) is 5.07. The van der Waals surface area contributed by atoms with Gasteiger partial charge in [-0.15, -0.1) is 17.3 Å². The van der Waals surface area contributed by atoms with Crippen molar-refractivity contribution in [2.75, 3.05) is 51.3 Å². The first-order chi connectivity index (χ1) is 18.4. The number of ether oxygens (including phenoxy) is 3. The number of halogens is 1. The highest BCUT2D eigenvalue weighted by atomic mass is 35.5. The molecule has 0 aliphatic carbocycles. The van der Waals surface area contributed by atoms with E-state index in [0.717, 1.165) is 66.1 Å². The second kappa shape index (κ2) is 14.4. The molecule has 1 atom stereocenters. The number of esters is 1. The highest BCUT2D eigenvalue weighted by Crippen LogP contribution is 2.30. The summed E-state index contributed by atoms with van der Waals surface area (Å²) in [4.78, 5) is 28.2. The Morgan fingerprint density at radius 1 is 0.974 bits per heavy atom. The van der Waals surface area contributed by atoms with Crippen molar-refractivity contribution in [3.63, 3.8) is 0 Å². The fraction of sp³-hybridized carbons (Fsp3) is 0.414. The molecule has 10 heteroatoms. The minimum atomic E-state index is -0.639. The molecule has 1 aliphatic heterocycles. The SMILES string of the molecule is COc1ccccc1N1CCN(CC(COc2cccc3ccccc23)OC(=O)CC(C)(C)SN=O)CC1.Cl. The second-order valence-electron chi connectivity index (χ2n) is 9.96. The number of benzene rings is 3. The topological polar surface area (TPSA) is 80.7 Å². The normalized spacial score (nSPS) is 14.8. The van der Waals surface area contributed by atoms with Crippen LogP contribution in [0.5, 0.6) is 11.5 Å². The Morgan fingerprint density at radius 3 is 2.38 bits per heavy atom. The molecule has 4 rings (SSSR count). The Morgan fingerprint density at radius 2 is 1.64 bits per heavy atom. The fourth-order valence-electron chi connectivity index (χ4n) is 4.69. The van der Waals surface area contributed by atoms with Gasteiger partial charge in [0.1, 0.15) is 24.2 Å². The third kappa shape index (κ3) is 8.49. The van der Waals surface area contributed by atoms with Gasteiger partial charge in [-0.25, -0.2) is 0 Å². The van der Waals surface area contributed by atoms with E-state index in [9.17, 15) is 9.70 Å². The predicted octanol–water partition coefficient (Wildman–Crippen LogP) is 5.97. The summed E-state index contributed by atoms with van der Waals surface area (Å²) in [5.41, 5.74) is 1.08. The Balaban J connectivity index is 0.00000420.